The van der Waals surface area contributed by atoms with Gasteiger partial charge in [-0.2, -0.15) is 0 Å². The fraction of sp³-hybridized carbons (Fsp3) is 0.348. The summed E-state index contributed by atoms with van der Waals surface area (Å²) in [6, 6.07) is 13.3. The van der Waals surface area contributed by atoms with Crippen LogP contribution in [0, 0.1) is 11.8 Å². The van der Waals surface area contributed by atoms with E-state index in [2.05, 4.69) is 16.8 Å². The fourth-order valence-corrected chi connectivity index (χ4v) is 3.45. The highest BCUT2D eigenvalue weighted by Crippen LogP contribution is 2.34. The largest absolute Gasteiger partial charge is 0.493 e. The Bertz CT molecular complexity index is 906. The lowest BCUT2D eigenvalue weighted by atomic mass is 9.98. The minimum absolute atomic E-state index is 0.0410. The molecular weight excluding hydrogens is 386 g/mol. The number of nitrogens with zero attached hydrogens (tertiary/aromatic N) is 1. The van der Waals surface area contributed by atoms with Gasteiger partial charge in [-0.15, -0.1) is 0 Å². The Labute approximate surface area is 177 Å². The minimum Gasteiger partial charge on any atom is -0.493 e. The second-order valence-electron chi connectivity index (χ2n) is 7.03. The van der Waals surface area contributed by atoms with Crippen LogP contribution < -0.4 is 20.9 Å². The van der Waals surface area contributed by atoms with Gasteiger partial charge in [0.2, 0.25) is 0 Å². The van der Waals surface area contributed by atoms with E-state index >= 15 is 0 Å². The van der Waals surface area contributed by atoms with Gasteiger partial charge >= 0.3 is 0 Å². The van der Waals surface area contributed by atoms with Gasteiger partial charge in [0.15, 0.2) is 17.5 Å². The third-order valence-corrected chi connectivity index (χ3v) is 5.13. The molecule has 0 spiro atoms. The third kappa shape index (κ3) is 6.07. The molecule has 2 aromatic rings. The third-order valence-electron chi connectivity index (χ3n) is 4.88. The lowest BCUT2D eigenvalue weighted by Gasteiger charge is -2.18. The van der Waals surface area contributed by atoms with E-state index in [9.17, 15) is 0 Å². The molecule has 1 fully saturated rings. The Morgan fingerprint density at radius 1 is 1.14 bits per heavy atom. The van der Waals surface area contributed by atoms with Crippen LogP contribution >= 0.6 is 11.6 Å². The molecule has 1 saturated carbocycles. The molecule has 1 atom stereocenters. The van der Waals surface area contributed by atoms with E-state index in [1.165, 1.54) is 12.8 Å². The molecule has 5 nitrogen and oxygen atoms in total. The highest BCUT2D eigenvalue weighted by molar-refractivity contribution is 6.30. The molecule has 0 aromatic heterocycles. The molecular formula is C23H26ClN3O2. The van der Waals surface area contributed by atoms with Crippen LogP contribution in [0.15, 0.2) is 47.5 Å². The van der Waals surface area contributed by atoms with Crippen molar-refractivity contribution in [1.82, 2.24) is 0 Å². The Morgan fingerprint density at radius 3 is 2.52 bits per heavy atom. The maximum absolute atomic E-state index is 6.22. The second-order valence-corrected chi connectivity index (χ2v) is 7.47. The maximum Gasteiger partial charge on any atom is 0.185 e. The van der Waals surface area contributed by atoms with Gasteiger partial charge < -0.3 is 20.9 Å². The fourth-order valence-electron chi connectivity index (χ4n) is 3.32. The van der Waals surface area contributed by atoms with Gasteiger partial charge in [0.1, 0.15) is 0 Å². The first-order valence-corrected chi connectivity index (χ1v) is 10.1. The van der Waals surface area contributed by atoms with Crippen LogP contribution in [0.5, 0.6) is 11.5 Å². The average molecular weight is 412 g/mol. The lowest BCUT2D eigenvalue weighted by Crippen LogP contribution is -2.23. The number of hydrogen-bond acceptors (Lipinski definition) is 3. The molecule has 29 heavy (non-hydrogen) atoms. The molecule has 4 N–H and O–H groups in total. The van der Waals surface area contributed by atoms with Gasteiger partial charge in [-0.1, -0.05) is 29.5 Å². The van der Waals surface area contributed by atoms with Crippen LogP contribution in [0.1, 0.15) is 42.7 Å². The molecule has 0 saturated heterocycles. The van der Waals surface area contributed by atoms with Crippen molar-refractivity contribution in [2.24, 2.45) is 16.5 Å². The van der Waals surface area contributed by atoms with E-state index in [0.717, 1.165) is 29.7 Å². The Morgan fingerprint density at radius 2 is 1.86 bits per heavy atom. The molecule has 1 aliphatic carbocycles. The number of hydrogen-bond donors (Lipinski definition) is 2. The minimum atomic E-state index is -0.190. The van der Waals surface area contributed by atoms with Crippen molar-refractivity contribution >= 4 is 17.6 Å². The summed E-state index contributed by atoms with van der Waals surface area (Å²) in [5.74, 6) is 7.76. The standard InChI is InChI=1S/C23H26ClN3O2/c1-28-21-13-10-17(14-22(21)29-20-4-2-3-5-20)18(15-27-23(25)26)9-6-16-7-11-19(24)12-8-16/h7-8,10-14,18,20H,2-5,15H2,1H3,(H4,25,26,27). The molecule has 0 heterocycles. The summed E-state index contributed by atoms with van der Waals surface area (Å²) in [7, 11) is 1.65. The van der Waals surface area contributed by atoms with E-state index in [-0.39, 0.29) is 18.0 Å². The van der Waals surface area contributed by atoms with Crippen molar-refractivity contribution in [1.29, 1.82) is 0 Å². The Balaban J connectivity index is 1.89. The number of guanidine groups is 1. The summed E-state index contributed by atoms with van der Waals surface area (Å²) in [4.78, 5) is 4.18. The predicted molar refractivity (Wildman–Crippen MR) is 118 cm³/mol. The zero-order chi connectivity index (χ0) is 20.6. The van der Waals surface area contributed by atoms with Crippen LogP contribution in [0.3, 0.4) is 0 Å². The first-order valence-electron chi connectivity index (χ1n) is 9.72. The average Bonchev–Trinajstić information content (AvgIpc) is 3.22. The van der Waals surface area contributed by atoms with Gasteiger partial charge in [0, 0.05) is 10.6 Å². The monoisotopic (exact) mass is 411 g/mol. The first-order chi connectivity index (χ1) is 14.0. The maximum atomic E-state index is 6.22. The van der Waals surface area contributed by atoms with Crippen molar-refractivity contribution in [3.05, 3.63) is 58.6 Å². The van der Waals surface area contributed by atoms with Crippen molar-refractivity contribution in [2.45, 2.75) is 37.7 Å². The zero-order valence-corrected chi connectivity index (χ0v) is 17.3. The van der Waals surface area contributed by atoms with Crippen LogP contribution in [-0.4, -0.2) is 25.7 Å². The van der Waals surface area contributed by atoms with Crippen LogP contribution in [0.4, 0.5) is 0 Å². The molecule has 3 rings (SSSR count). The van der Waals surface area contributed by atoms with E-state index in [1.54, 1.807) is 7.11 Å². The quantitative estimate of drug-likeness (QED) is 0.426. The number of benzene rings is 2. The Kier molecular flexibility index (Phi) is 7.26. The summed E-state index contributed by atoms with van der Waals surface area (Å²) in [6.07, 6.45) is 4.77. The highest BCUT2D eigenvalue weighted by atomic mass is 35.5. The normalized spacial score (nSPS) is 14.6. The van der Waals surface area contributed by atoms with Crippen molar-refractivity contribution in [3.8, 4) is 23.3 Å². The number of nitrogens with two attached hydrogens (primary N) is 2. The smallest absolute Gasteiger partial charge is 0.185 e. The molecule has 6 heteroatoms. The van der Waals surface area contributed by atoms with Gasteiger partial charge in [-0.3, -0.25) is 4.99 Å². The van der Waals surface area contributed by atoms with Gasteiger partial charge in [0.25, 0.3) is 0 Å². The van der Waals surface area contributed by atoms with Crippen molar-refractivity contribution in [2.75, 3.05) is 13.7 Å². The topological polar surface area (TPSA) is 82.9 Å². The number of methoxy groups -OCH3 is 1. The molecule has 0 bridgehead atoms. The van der Waals surface area contributed by atoms with Crippen LogP contribution in [0.25, 0.3) is 0 Å². The number of aliphatic imine (C=N–C) groups is 1. The van der Waals surface area contributed by atoms with Gasteiger partial charge in [-0.25, -0.2) is 0 Å². The van der Waals surface area contributed by atoms with Crippen molar-refractivity contribution < 1.29 is 9.47 Å². The summed E-state index contributed by atoms with van der Waals surface area (Å²) >= 11 is 5.95. The summed E-state index contributed by atoms with van der Waals surface area (Å²) in [6.45, 7) is 0.359. The number of rotatable bonds is 6. The predicted octanol–water partition coefficient (Wildman–Crippen LogP) is 4.08. The SMILES string of the molecule is COc1ccc(C(C#Cc2ccc(Cl)cc2)CN=C(N)N)cc1OC1CCCC1. The highest BCUT2D eigenvalue weighted by Gasteiger charge is 2.20. The number of halogens is 1. The molecule has 1 unspecified atom stereocenters. The molecule has 1 aliphatic rings. The first kappa shape index (κ1) is 20.9. The summed E-state index contributed by atoms with van der Waals surface area (Å²) < 4.78 is 11.7. The zero-order valence-electron chi connectivity index (χ0n) is 16.5. The van der Waals surface area contributed by atoms with E-state index in [4.69, 9.17) is 32.5 Å². The molecule has 0 amide bonds. The van der Waals surface area contributed by atoms with Crippen molar-refractivity contribution in [3.63, 3.8) is 0 Å². The lowest BCUT2D eigenvalue weighted by molar-refractivity contribution is 0.200. The molecule has 2 aromatic carbocycles. The van der Waals surface area contributed by atoms with E-state index < -0.39 is 0 Å². The molecule has 0 aliphatic heterocycles. The van der Waals surface area contributed by atoms with Gasteiger partial charge in [0.05, 0.1) is 25.7 Å². The number of ether oxygens (including phenoxy) is 2. The summed E-state index contributed by atoms with van der Waals surface area (Å²) in [5, 5.41) is 0.677. The Hall–Kier alpha value is -2.84. The van der Waals surface area contributed by atoms with Crippen LogP contribution in [-0.2, 0) is 0 Å². The van der Waals surface area contributed by atoms with E-state index in [0.29, 0.717) is 17.3 Å². The second kappa shape index (κ2) is 10.1. The van der Waals surface area contributed by atoms with E-state index in [1.807, 2.05) is 42.5 Å². The van der Waals surface area contributed by atoms with Crippen LogP contribution in [0.2, 0.25) is 5.02 Å². The molecule has 0 radical (unpaired) electrons. The summed E-state index contributed by atoms with van der Waals surface area (Å²) in [5.41, 5.74) is 12.9. The van der Waals surface area contributed by atoms with Gasteiger partial charge in [-0.05, 0) is 67.6 Å². The molecule has 152 valence electrons.